The lowest BCUT2D eigenvalue weighted by Crippen LogP contribution is -2.32. The third-order valence-electron chi connectivity index (χ3n) is 3.09. The molecular weight excluding hydrogens is 292 g/mol. The molecule has 0 aliphatic heterocycles. The van der Waals surface area contributed by atoms with Crippen LogP contribution in [0.25, 0.3) is 0 Å². The predicted molar refractivity (Wildman–Crippen MR) is 87.1 cm³/mol. The lowest BCUT2D eigenvalue weighted by atomic mass is 10.1. The van der Waals surface area contributed by atoms with E-state index in [1.165, 1.54) is 4.31 Å². The van der Waals surface area contributed by atoms with Crippen LogP contribution < -0.4 is 5.73 Å². The van der Waals surface area contributed by atoms with Gasteiger partial charge in [0.2, 0.25) is 10.0 Å². The highest BCUT2D eigenvalue weighted by Crippen LogP contribution is 2.13. The zero-order chi connectivity index (χ0) is 15.2. The monoisotopic (exact) mass is 314 g/mol. The summed E-state index contributed by atoms with van der Waals surface area (Å²) in [7, 11) is -3.26. The first-order valence-corrected chi connectivity index (χ1v) is 8.79. The molecule has 1 aromatic rings. The Morgan fingerprint density at radius 3 is 2.30 bits per heavy atom. The maximum Gasteiger partial charge on any atom is 0.218 e. The molecule has 0 unspecified atom stereocenters. The Hall–Kier alpha value is -0.980. The Kier molecular flexibility index (Phi) is 6.58. The second-order valence-electron chi connectivity index (χ2n) is 4.66. The van der Waals surface area contributed by atoms with Crippen molar-refractivity contribution in [2.24, 2.45) is 5.73 Å². The predicted octanol–water partition coefficient (Wildman–Crippen LogP) is 2.27. The quantitative estimate of drug-likeness (QED) is 0.748. The first-order valence-electron chi connectivity index (χ1n) is 6.77. The molecule has 0 fully saturated rings. The van der Waals surface area contributed by atoms with E-state index in [0.29, 0.717) is 18.1 Å². The summed E-state index contributed by atoms with van der Waals surface area (Å²) in [5.41, 5.74) is 7.02. The SMILES string of the molecule is CCCCN(CC)S(=O)(=O)Cc1ccc(C(N)=S)cc1. The van der Waals surface area contributed by atoms with Gasteiger partial charge in [0.15, 0.2) is 0 Å². The zero-order valence-electron chi connectivity index (χ0n) is 12.0. The van der Waals surface area contributed by atoms with Gasteiger partial charge in [-0.15, -0.1) is 0 Å². The summed E-state index contributed by atoms with van der Waals surface area (Å²) in [6.45, 7) is 5.01. The molecule has 0 bridgehead atoms. The van der Waals surface area contributed by atoms with Crippen LogP contribution in [0.15, 0.2) is 24.3 Å². The summed E-state index contributed by atoms with van der Waals surface area (Å²) in [4.78, 5) is 0.317. The summed E-state index contributed by atoms with van der Waals surface area (Å²) < 4.78 is 26.2. The van der Waals surface area contributed by atoms with Crippen LogP contribution >= 0.6 is 12.2 Å². The van der Waals surface area contributed by atoms with E-state index >= 15 is 0 Å². The van der Waals surface area contributed by atoms with Crippen molar-refractivity contribution < 1.29 is 8.42 Å². The summed E-state index contributed by atoms with van der Waals surface area (Å²) in [5, 5.41) is 0. The molecule has 0 atom stereocenters. The van der Waals surface area contributed by atoms with E-state index in [4.69, 9.17) is 18.0 Å². The first-order chi connectivity index (χ1) is 9.40. The third kappa shape index (κ3) is 4.85. The van der Waals surface area contributed by atoms with Gasteiger partial charge in [-0.25, -0.2) is 12.7 Å². The minimum absolute atomic E-state index is 0.0160. The summed E-state index contributed by atoms with van der Waals surface area (Å²) in [6, 6.07) is 7.05. The van der Waals surface area contributed by atoms with Crippen molar-refractivity contribution in [3.05, 3.63) is 35.4 Å². The molecule has 0 aliphatic carbocycles. The van der Waals surface area contributed by atoms with Crippen LogP contribution in [-0.4, -0.2) is 30.8 Å². The van der Waals surface area contributed by atoms with Gasteiger partial charge < -0.3 is 5.73 Å². The molecule has 1 aromatic carbocycles. The topological polar surface area (TPSA) is 63.4 Å². The highest BCUT2D eigenvalue weighted by atomic mass is 32.2. The molecule has 0 amide bonds. The van der Waals surface area contributed by atoms with Gasteiger partial charge in [0.1, 0.15) is 4.99 Å². The summed E-state index contributed by atoms with van der Waals surface area (Å²) in [6.07, 6.45) is 1.86. The first kappa shape index (κ1) is 17.1. The van der Waals surface area contributed by atoms with Gasteiger partial charge in [-0.05, 0) is 12.0 Å². The summed E-state index contributed by atoms with van der Waals surface area (Å²) >= 11 is 4.87. The molecule has 0 aliphatic rings. The van der Waals surface area contributed by atoms with Crippen LogP contribution in [0.2, 0.25) is 0 Å². The maximum absolute atomic E-state index is 12.3. The number of thiocarbonyl (C=S) groups is 1. The molecule has 0 saturated carbocycles. The zero-order valence-corrected chi connectivity index (χ0v) is 13.6. The molecule has 2 N–H and O–H groups in total. The molecule has 20 heavy (non-hydrogen) atoms. The second kappa shape index (κ2) is 7.71. The molecular formula is C14H22N2O2S2. The smallest absolute Gasteiger partial charge is 0.218 e. The number of nitrogens with zero attached hydrogens (tertiary/aromatic N) is 1. The van der Waals surface area contributed by atoms with E-state index in [9.17, 15) is 8.42 Å². The third-order valence-corrected chi connectivity index (χ3v) is 5.26. The van der Waals surface area contributed by atoms with Crippen molar-refractivity contribution in [2.45, 2.75) is 32.4 Å². The van der Waals surface area contributed by atoms with Crippen LogP contribution in [0.1, 0.15) is 37.8 Å². The van der Waals surface area contributed by atoms with Gasteiger partial charge in [-0.2, -0.15) is 0 Å². The van der Waals surface area contributed by atoms with Crippen LogP contribution in [-0.2, 0) is 15.8 Å². The average molecular weight is 314 g/mol. The fraction of sp³-hybridized carbons (Fsp3) is 0.500. The van der Waals surface area contributed by atoms with E-state index in [-0.39, 0.29) is 5.75 Å². The van der Waals surface area contributed by atoms with Crippen molar-refractivity contribution in [1.82, 2.24) is 4.31 Å². The molecule has 0 spiro atoms. The molecule has 1 rings (SSSR count). The van der Waals surface area contributed by atoms with Crippen LogP contribution in [0.5, 0.6) is 0 Å². The fourth-order valence-corrected chi connectivity index (χ4v) is 3.63. The number of unbranched alkanes of at least 4 members (excludes halogenated alkanes) is 1. The van der Waals surface area contributed by atoms with E-state index < -0.39 is 10.0 Å². The average Bonchev–Trinajstić information content (AvgIpc) is 2.39. The lowest BCUT2D eigenvalue weighted by molar-refractivity contribution is 0.418. The number of benzene rings is 1. The Bertz CT molecular complexity index is 539. The number of nitrogens with two attached hydrogens (primary N) is 1. The largest absolute Gasteiger partial charge is 0.389 e. The minimum atomic E-state index is -3.26. The number of hydrogen-bond acceptors (Lipinski definition) is 3. The van der Waals surface area contributed by atoms with Gasteiger partial charge in [0, 0.05) is 18.7 Å². The molecule has 4 nitrogen and oxygen atoms in total. The Balaban J connectivity index is 2.81. The standard InChI is InChI=1S/C14H22N2O2S2/c1-3-5-10-16(4-2)20(17,18)11-12-6-8-13(9-7-12)14(15)19/h6-9H,3-5,10-11H2,1-2H3,(H2,15,19). The van der Waals surface area contributed by atoms with E-state index in [1.807, 2.05) is 6.92 Å². The second-order valence-corrected chi connectivity index (χ2v) is 7.07. The Labute approximate surface area is 127 Å². The molecule has 0 saturated heterocycles. The number of sulfonamides is 1. The van der Waals surface area contributed by atoms with Crippen molar-refractivity contribution in [1.29, 1.82) is 0 Å². The molecule has 0 heterocycles. The fourth-order valence-electron chi connectivity index (χ4n) is 1.90. The minimum Gasteiger partial charge on any atom is -0.389 e. The van der Waals surface area contributed by atoms with Crippen LogP contribution in [0, 0.1) is 0 Å². The van der Waals surface area contributed by atoms with Crippen molar-refractivity contribution in [2.75, 3.05) is 13.1 Å². The van der Waals surface area contributed by atoms with Gasteiger partial charge in [-0.1, -0.05) is 56.8 Å². The Morgan fingerprint density at radius 2 is 1.85 bits per heavy atom. The molecule has 0 aromatic heterocycles. The van der Waals surface area contributed by atoms with E-state index in [2.05, 4.69) is 6.92 Å². The maximum atomic E-state index is 12.3. The molecule has 112 valence electrons. The van der Waals surface area contributed by atoms with E-state index in [1.54, 1.807) is 24.3 Å². The summed E-state index contributed by atoms with van der Waals surface area (Å²) in [5.74, 6) is 0.0160. The van der Waals surface area contributed by atoms with Crippen molar-refractivity contribution in [3.63, 3.8) is 0 Å². The normalized spacial score (nSPS) is 11.8. The van der Waals surface area contributed by atoms with Crippen LogP contribution in [0.3, 0.4) is 0 Å². The Morgan fingerprint density at radius 1 is 1.25 bits per heavy atom. The molecule has 0 radical (unpaired) electrons. The van der Waals surface area contributed by atoms with Gasteiger partial charge in [0.05, 0.1) is 5.75 Å². The van der Waals surface area contributed by atoms with Gasteiger partial charge >= 0.3 is 0 Å². The lowest BCUT2D eigenvalue weighted by Gasteiger charge is -2.20. The van der Waals surface area contributed by atoms with Gasteiger partial charge in [-0.3, -0.25) is 0 Å². The number of rotatable bonds is 8. The highest BCUT2D eigenvalue weighted by molar-refractivity contribution is 7.88. The van der Waals surface area contributed by atoms with Crippen molar-refractivity contribution in [3.8, 4) is 0 Å². The van der Waals surface area contributed by atoms with E-state index in [0.717, 1.165) is 24.0 Å². The number of hydrogen-bond donors (Lipinski definition) is 1. The van der Waals surface area contributed by atoms with Crippen molar-refractivity contribution >= 4 is 27.2 Å². The van der Waals surface area contributed by atoms with Gasteiger partial charge in [0.25, 0.3) is 0 Å². The van der Waals surface area contributed by atoms with Crippen LogP contribution in [0.4, 0.5) is 0 Å². The highest BCUT2D eigenvalue weighted by Gasteiger charge is 2.20. The molecule has 6 heteroatoms.